The van der Waals surface area contributed by atoms with E-state index in [0.29, 0.717) is 9.18 Å². The van der Waals surface area contributed by atoms with E-state index in [9.17, 15) is 33.2 Å². The molecule has 13 heteroatoms. The SMILES string of the molecule is O=C(COC(=O)[C@H]1C[C@@H](O)CN1S(=O)(=O)c1ccccc1[N+](=O)[O-])c1ccc(Br)s1. The lowest BCUT2D eigenvalue weighted by atomic mass is 10.2. The lowest BCUT2D eigenvalue weighted by Gasteiger charge is -2.22. The Balaban J connectivity index is 1.80. The summed E-state index contributed by atoms with van der Waals surface area (Å²) in [5.41, 5.74) is -0.649. The highest BCUT2D eigenvalue weighted by molar-refractivity contribution is 9.11. The van der Waals surface area contributed by atoms with Gasteiger partial charge in [0, 0.05) is 19.0 Å². The number of Topliss-reactive ketones (excluding diaryl/α,β-unsaturated/α-hetero) is 1. The third-order valence-electron chi connectivity index (χ3n) is 4.35. The first-order valence-electron chi connectivity index (χ1n) is 8.49. The van der Waals surface area contributed by atoms with Crippen LogP contribution in [0.1, 0.15) is 16.1 Å². The molecule has 0 amide bonds. The number of rotatable bonds is 7. The number of benzene rings is 1. The van der Waals surface area contributed by atoms with Crippen LogP contribution in [0, 0.1) is 10.1 Å². The van der Waals surface area contributed by atoms with E-state index in [2.05, 4.69) is 15.9 Å². The number of esters is 1. The second-order valence-corrected chi connectivity index (χ2v) is 10.7. The number of nitrogens with zero attached hydrogens (tertiary/aromatic N) is 2. The molecular formula is C17H15BrN2O8S2. The molecule has 0 unspecified atom stereocenters. The molecule has 0 aliphatic carbocycles. The lowest BCUT2D eigenvalue weighted by Crippen LogP contribution is -2.42. The molecule has 0 spiro atoms. The molecular weight excluding hydrogens is 504 g/mol. The van der Waals surface area contributed by atoms with Gasteiger partial charge in [0.15, 0.2) is 11.5 Å². The zero-order valence-electron chi connectivity index (χ0n) is 15.1. The number of nitro benzene ring substituents is 1. The van der Waals surface area contributed by atoms with Gasteiger partial charge in [-0.15, -0.1) is 11.3 Å². The van der Waals surface area contributed by atoms with Crippen molar-refractivity contribution in [3.05, 3.63) is 55.2 Å². The summed E-state index contributed by atoms with van der Waals surface area (Å²) in [5, 5.41) is 21.2. The number of β-amino-alcohol motifs (C(OH)–C–C–N with tert-alkyl or cyclic N) is 1. The van der Waals surface area contributed by atoms with Crippen LogP contribution in [-0.4, -0.2) is 59.8 Å². The Kier molecular flexibility index (Phi) is 6.67. The number of para-hydroxylation sites is 1. The predicted molar refractivity (Wildman–Crippen MR) is 109 cm³/mol. The van der Waals surface area contributed by atoms with Gasteiger partial charge >= 0.3 is 5.97 Å². The smallest absolute Gasteiger partial charge is 0.325 e. The van der Waals surface area contributed by atoms with Gasteiger partial charge in [-0.3, -0.25) is 19.7 Å². The van der Waals surface area contributed by atoms with Crippen molar-refractivity contribution in [1.29, 1.82) is 0 Å². The summed E-state index contributed by atoms with van der Waals surface area (Å²) in [5.74, 6) is -1.48. The van der Waals surface area contributed by atoms with Gasteiger partial charge in [-0.25, -0.2) is 8.42 Å². The Bertz CT molecular complexity index is 1100. The first-order valence-corrected chi connectivity index (χ1v) is 11.5. The highest BCUT2D eigenvalue weighted by Crippen LogP contribution is 2.32. The summed E-state index contributed by atoms with van der Waals surface area (Å²) in [6.07, 6.45) is -1.42. The summed E-state index contributed by atoms with van der Waals surface area (Å²) in [4.78, 5) is 34.8. The van der Waals surface area contributed by atoms with Crippen molar-refractivity contribution in [2.75, 3.05) is 13.2 Å². The zero-order valence-corrected chi connectivity index (χ0v) is 18.4. The highest BCUT2D eigenvalue weighted by atomic mass is 79.9. The Hall–Kier alpha value is -2.19. The van der Waals surface area contributed by atoms with Crippen LogP contribution < -0.4 is 0 Å². The van der Waals surface area contributed by atoms with E-state index < -0.39 is 62.6 Å². The normalized spacial score (nSPS) is 19.5. The monoisotopic (exact) mass is 518 g/mol. The molecule has 2 atom stereocenters. The molecule has 30 heavy (non-hydrogen) atoms. The first kappa shape index (κ1) is 22.5. The minimum absolute atomic E-state index is 0.253. The molecule has 0 saturated carbocycles. The molecule has 2 heterocycles. The van der Waals surface area contributed by atoms with Crippen LogP contribution in [0.15, 0.2) is 45.1 Å². The van der Waals surface area contributed by atoms with Crippen molar-refractivity contribution in [1.82, 2.24) is 4.31 Å². The maximum atomic E-state index is 13.0. The number of aliphatic hydroxyl groups excluding tert-OH is 1. The van der Waals surface area contributed by atoms with Crippen molar-refractivity contribution in [2.45, 2.75) is 23.5 Å². The minimum Gasteiger partial charge on any atom is -0.456 e. The number of ketones is 1. The summed E-state index contributed by atoms with van der Waals surface area (Å²) in [7, 11) is -4.49. The number of thiophene rings is 1. The topological polar surface area (TPSA) is 144 Å². The van der Waals surface area contributed by atoms with Gasteiger partial charge in [0.2, 0.25) is 5.78 Å². The second kappa shape index (κ2) is 8.89. The molecule has 160 valence electrons. The number of carbonyl (C=O) groups is 2. The van der Waals surface area contributed by atoms with Gasteiger partial charge in [0.1, 0.15) is 6.04 Å². The summed E-state index contributed by atoms with van der Waals surface area (Å²) in [6, 6.07) is 6.52. The van der Waals surface area contributed by atoms with Crippen LogP contribution in [-0.2, 0) is 19.6 Å². The number of hydrogen-bond donors (Lipinski definition) is 1. The van der Waals surface area contributed by atoms with E-state index in [1.54, 1.807) is 12.1 Å². The molecule has 1 fully saturated rings. The van der Waals surface area contributed by atoms with Gasteiger partial charge in [-0.1, -0.05) is 12.1 Å². The molecule has 1 saturated heterocycles. The quantitative estimate of drug-likeness (QED) is 0.253. The third kappa shape index (κ3) is 4.59. The van der Waals surface area contributed by atoms with Crippen LogP contribution in [0.4, 0.5) is 5.69 Å². The van der Waals surface area contributed by atoms with Gasteiger partial charge < -0.3 is 9.84 Å². The Morgan fingerprint density at radius 3 is 2.63 bits per heavy atom. The molecule has 2 aromatic rings. The molecule has 0 bridgehead atoms. The third-order valence-corrected chi connectivity index (χ3v) is 7.93. The van der Waals surface area contributed by atoms with E-state index in [-0.39, 0.29) is 6.42 Å². The maximum absolute atomic E-state index is 13.0. The fourth-order valence-electron chi connectivity index (χ4n) is 2.98. The number of nitro groups is 1. The summed E-state index contributed by atoms with van der Waals surface area (Å²) < 4.78 is 32.4. The van der Waals surface area contributed by atoms with Crippen molar-refractivity contribution < 1.29 is 32.8 Å². The average molecular weight is 519 g/mol. The minimum atomic E-state index is -4.49. The van der Waals surface area contributed by atoms with Crippen molar-refractivity contribution in [3.8, 4) is 0 Å². The zero-order chi connectivity index (χ0) is 22.1. The number of carbonyl (C=O) groups excluding carboxylic acids is 2. The van der Waals surface area contributed by atoms with Gasteiger partial charge in [-0.05, 0) is 34.1 Å². The van der Waals surface area contributed by atoms with E-state index in [4.69, 9.17) is 4.74 Å². The van der Waals surface area contributed by atoms with E-state index in [0.717, 1.165) is 27.3 Å². The molecule has 3 rings (SSSR count). The molecule has 1 aromatic heterocycles. The van der Waals surface area contributed by atoms with Gasteiger partial charge in [0.25, 0.3) is 15.7 Å². The van der Waals surface area contributed by atoms with Crippen molar-refractivity contribution in [2.24, 2.45) is 0 Å². The van der Waals surface area contributed by atoms with E-state index in [1.165, 1.54) is 12.1 Å². The van der Waals surface area contributed by atoms with Crippen molar-refractivity contribution in [3.63, 3.8) is 0 Å². The van der Waals surface area contributed by atoms with E-state index in [1.807, 2.05) is 0 Å². The fourth-order valence-corrected chi connectivity index (χ4v) is 6.08. The Labute approximate surface area is 183 Å². The summed E-state index contributed by atoms with van der Waals surface area (Å²) in [6.45, 7) is -1.03. The average Bonchev–Trinajstić information content (AvgIpc) is 3.32. The van der Waals surface area contributed by atoms with Crippen molar-refractivity contribution >= 4 is 54.7 Å². The predicted octanol–water partition coefficient (Wildman–Crippen LogP) is 1.97. The lowest BCUT2D eigenvalue weighted by molar-refractivity contribution is -0.387. The van der Waals surface area contributed by atoms with Crippen LogP contribution in [0.2, 0.25) is 0 Å². The van der Waals surface area contributed by atoms with Gasteiger partial charge in [0.05, 0.1) is 19.7 Å². The molecule has 10 nitrogen and oxygen atoms in total. The first-order chi connectivity index (χ1) is 14.1. The highest BCUT2D eigenvalue weighted by Gasteiger charge is 2.46. The fraction of sp³-hybridized carbons (Fsp3) is 0.294. The van der Waals surface area contributed by atoms with E-state index >= 15 is 0 Å². The Morgan fingerprint density at radius 2 is 2.00 bits per heavy atom. The summed E-state index contributed by atoms with van der Waals surface area (Å²) >= 11 is 4.37. The number of hydrogen-bond acceptors (Lipinski definition) is 9. The number of halogens is 1. The molecule has 1 aromatic carbocycles. The van der Waals surface area contributed by atoms with Crippen LogP contribution in [0.3, 0.4) is 0 Å². The largest absolute Gasteiger partial charge is 0.456 e. The van der Waals surface area contributed by atoms with Crippen LogP contribution >= 0.6 is 27.3 Å². The van der Waals surface area contributed by atoms with Crippen LogP contribution in [0.5, 0.6) is 0 Å². The Morgan fingerprint density at radius 1 is 1.30 bits per heavy atom. The maximum Gasteiger partial charge on any atom is 0.325 e. The molecule has 1 N–H and O–H groups in total. The van der Waals surface area contributed by atoms with Crippen LogP contribution in [0.25, 0.3) is 0 Å². The molecule has 1 aliphatic heterocycles. The molecule has 1 aliphatic rings. The number of sulfonamides is 1. The molecule has 0 radical (unpaired) electrons. The number of ether oxygens (including phenoxy) is 1. The number of aliphatic hydroxyl groups is 1. The van der Waals surface area contributed by atoms with Gasteiger partial charge in [-0.2, -0.15) is 4.31 Å². The standard InChI is InChI=1S/C17H15BrN2O8S2/c18-16-6-5-14(29-16)13(22)9-28-17(23)12-7-10(21)8-19(12)30(26,27)15-4-2-1-3-11(15)20(24)25/h1-6,10,12,21H,7-9H2/t10-,12-/m1/s1. The second-order valence-electron chi connectivity index (χ2n) is 6.34.